The molecule has 0 aliphatic carbocycles. The lowest BCUT2D eigenvalue weighted by molar-refractivity contribution is 0.258. The maximum Gasteiger partial charge on any atom is 0.130 e. The summed E-state index contributed by atoms with van der Waals surface area (Å²) in [6.07, 6.45) is 6.50. The number of rotatable bonds is 6. The first-order valence-corrected chi connectivity index (χ1v) is 9.12. The molecule has 1 aromatic rings. The van der Waals surface area contributed by atoms with Crippen molar-refractivity contribution in [3.05, 3.63) is 40.7 Å². The number of hydrogen-bond acceptors (Lipinski definition) is 5. The summed E-state index contributed by atoms with van der Waals surface area (Å²) >= 11 is 6.59. The van der Waals surface area contributed by atoms with Gasteiger partial charge in [-0.25, -0.2) is 4.99 Å². The van der Waals surface area contributed by atoms with E-state index in [1.54, 1.807) is 0 Å². The van der Waals surface area contributed by atoms with Gasteiger partial charge in [0.25, 0.3) is 0 Å². The van der Waals surface area contributed by atoms with Crippen LogP contribution in [0.1, 0.15) is 44.2 Å². The Balaban J connectivity index is 2.41. The highest BCUT2D eigenvalue weighted by atomic mass is 35.5. The van der Waals surface area contributed by atoms with E-state index in [4.69, 9.17) is 17.3 Å². The fourth-order valence-corrected chi connectivity index (χ4v) is 3.56. The Hall–Kier alpha value is -1.85. The van der Waals surface area contributed by atoms with Gasteiger partial charge < -0.3 is 16.0 Å². The molecule has 25 heavy (non-hydrogen) atoms. The van der Waals surface area contributed by atoms with Crippen LogP contribution in [0.15, 0.2) is 40.1 Å². The standard InChI is InChI=1S/C19H28ClN5/c1-14(24-13-21)11-19(23-3)25-10-6-4-5-7-18(25)16-9-8-15(22-2)12-17(16)20/h8-9,11-12,18,22H,3-7,10,13,21H2,1-2H3/b19-11+,24-14-. The van der Waals surface area contributed by atoms with Crippen LogP contribution in [0.2, 0.25) is 5.02 Å². The first kappa shape index (κ1) is 19.5. The minimum absolute atomic E-state index is 0.184. The van der Waals surface area contributed by atoms with Gasteiger partial charge in [0.1, 0.15) is 5.82 Å². The van der Waals surface area contributed by atoms with Gasteiger partial charge in [0.15, 0.2) is 0 Å². The molecular formula is C19H28ClN5. The van der Waals surface area contributed by atoms with Gasteiger partial charge in [0, 0.05) is 36.1 Å². The molecule has 0 bridgehead atoms. The summed E-state index contributed by atoms with van der Waals surface area (Å²) < 4.78 is 0. The van der Waals surface area contributed by atoms with E-state index in [2.05, 4.69) is 39.1 Å². The fraction of sp³-hybridized carbons (Fsp3) is 0.474. The van der Waals surface area contributed by atoms with Gasteiger partial charge in [-0.05, 0) is 44.2 Å². The van der Waals surface area contributed by atoms with Crippen LogP contribution >= 0.6 is 11.6 Å². The van der Waals surface area contributed by atoms with E-state index in [0.717, 1.165) is 47.2 Å². The Morgan fingerprint density at radius 1 is 1.44 bits per heavy atom. The van der Waals surface area contributed by atoms with Crippen molar-refractivity contribution in [2.75, 3.05) is 25.6 Å². The molecule has 1 heterocycles. The molecule has 136 valence electrons. The van der Waals surface area contributed by atoms with Crippen molar-refractivity contribution in [3.63, 3.8) is 0 Å². The minimum atomic E-state index is 0.184. The summed E-state index contributed by atoms with van der Waals surface area (Å²) in [4.78, 5) is 10.8. The van der Waals surface area contributed by atoms with E-state index in [0.29, 0.717) is 0 Å². The first-order chi connectivity index (χ1) is 12.1. The Bertz CT molecular complexity index is 653. The number of allylic oxidation sites excluding steroid dienone is 1. The number of nitrogens with zero attached hydrogens (tertiary/aromatic N) is 3. The van der Waals surface area contributed by atoms with E-state index >= 15 is 0 Å². The molecule has 0 amide bonds. The van der Waals surface area contributed by atoms with E-state index < -0.39 is 0 Å². The van der Waals surface area contributed by atoms with Crippen molar-refractivity contribution < 1.29 is 0 Å². The van der Waals surface area contributed by atoms with Gasteiger partial charge >= 0.3 is 0 Å². The topological polar surface area (TPSA) is 66.0 Å². The molecule has 1 atom stereocenters. The zero-order valence-electron chi connectivity index (χ0n) is 15.1. The molecule has 1 unspecified atom stereocenters. The Labute approximate surface area is 155 Å². The van der Waals surface area contributed by atoms with Crippen molar-refractivity contribution in [1.29, 1.82) is 0 Å². The molecule has 1 saturated heterocycles. The summed E-state index contributed by atoms with van der Waals surface area (Å²) in [5.74, 6) is 0.829. The third kappa shape index (κ3) is 5.06. The third-order valence-electron chi connectivity index (χ3n) is 4.54. The van der Waals surface area contributed by atoms with Crippen molar-refractivity contribution >= 4 is 29.7 Å². The zero-order chi connectivity index (χ0) is 18.2. The van der Waals surface area contributed by atoms with Crippen molar-refractivity contribution in [1.82, 2.24) is 4.90 Å². The normalized spacial score (nSPS) is 19.5. The zero-order valence-corrected chi connectivity index (χ0v) is 15.9. The molecule has 0 spiro atoms. The highest BCUT2D eigenvalue weighted by Crippen LogP contribution is 2.37. The van der Waals surface area contributed by atoms with E-state index in [-0.39, 0.29) is 12.7 Å². The van der Waals surface area contributed by atoms with Gasteiger partial charge in [0.05, 0.1) is 12.7 Å². The number of halogens is 1. The summed E-state index contributed by atoms with van der Waals surface area (Å²) in [6, 6.07) is 6.34. The van der Waals surface area contributed by atoms with Crippen LogP contribution in [0.25, 0.3) is 0 Å². The minimum Gasteiger partial charge on any atom is -0.388 e. The highest BCUT2D eigenvalue weighted by molar-refractivity contribution is 6.31. The monoisotopic (exact) mass is 361 g/mol. The lowest BCUT2D eigenvalue weighted by Gasteiger charge is -2.33. The second-order valence-corrected chi connectivity index (χ2v) is 6.59. The van der Waals surface area contributed by atoms with Crippen molar-refractivity contribution in [2.45, 2.75) is 38.6 Å². The fourth-order valence-electron chi connectivity index (χ4n) is 3.25. The molecule has 1 aliphatic heterocycles. The molecule has 0 radical (unpaired) electrons. The van der Waals surface area contributed by atoms with Gasteiger partial charge in [0.2, 0.25) is 0 Å². The maximum atomic E-state index is 6.59. The first-order valence-electron chi connectivity index (χ1n) is 8.74. The number of nitrogens with two attached hydrogens (primary N) is 1. The Kier molecular flexibility index (Phi) is 7.47. The predicted octanol–water partition coefficient (Wildman–Crippen LogP) is 4.22. The lowest BCUT2D eigenvalue weighted by Crippen LogP contribution is -2.28. The van der Waals surface area contributed by atoms with Crippen LogP contribution in [-0.2, 0) is 0 Å². The highest BCUT2D eigenvalue weighted by Gasteiger charge is 2.26. The SMILES string of the molecule is C=N/C(=C\C(C)=N/CN)N1CCCCCC1c1ccc(NC)cc1Cl. The third-order valence-corrected chi connectivity index (χ3v) is 4.86. The summed E-state index contributed by atoms with van der Waals surface area (Å²) in [6.45, 7) is 6.90. The van der Waals surface area contributed by atoms with Crippen molar-refractivity contribution in [2.24, 2.45) is 15.7 Å². The van der Waals surface area contributed by atoms with E-state index in [9.17, 15) is 0 Å². The molecule has 5 nitrogen and oxygen atoms in total. The molecule has 3 N–H and O–H groups in total. The molecule has 1 aliphatic rings. The molecule has 1 fully saturated rings. The predicted molar refractivity (Wildman–Crippen MR) is 109 cm³/mol. The second kappa shape index (κ2) is 9.59. The number of hydrogen-bond donors (Lipinski definition) is 2. The van der Waals surface area contributed by atoms with Crippen LogP contribution in [0.4, 0.5) is 5.69 Å². The average Bonchev–Trinajstić information content (AvgIpc) is 2.85. The van der Waals surface area contributed by atoms with Crippen LogP contribution in [0.5, 0.6) is 0 Å². The molecule has 6 heteroatoms. The number of nitrogens with one attached hydrogen (secondary N) is 1. The number of aliphatic imine (C=N–C) groups is 2. The number of anilines is 1. The van der Waals surface area contributed by atoms with Gasteiger partial charge in [-0.15, -0.1) is 0 Å². The summed E-state index contributed by atoms with van der Waals surface area (Å²) in [5.41, 5.74) is 8.51. The van der Waals surface area contributed by atoms with Crippen LogP contribution in [0, 0.1) is 0 Å². The molecule has 1 aromatic carbocycles. The number of likely N-dealkylation sites (tertiary alicyclic amines) is 1. The van der Waals surface area contributed by atoms with E-state index in [1.807, 2.05) is 26.1 Å². The molecular weight excluding hydrogens is 334 g/mol. The molecule has 0 saturated carbocycles. The van der Waals surface area contributed by atoms with Crippen LogP contribution in [0.3, 0.4) is 0 Å². The average molecular weight is 362 g/mol. The van der Waals surface area contributed by atoms with Gasteiger partial charge in [-0.1, -0.05) is 30.5 Å². The summed E-state index contributed by atoms with van der Waals surface area (Å²) in [7, 11) is 1.89. The van der Waals surface area contributed by atoms with Gasteiger partial charge in [-0.2, -0.15) is 0 Å². The van der Waals surface area contributed by atoms with Crippen LogP contribution < -0.4 is 11.1 Å². The maximum absolute atomic E-state index is 6.59. The summed E-state index contributed by atoms with van der Waals surface area (Å²) in [5, 5.41) is 3.91. The van der Waals surface area contributed by atoms with Gasteiger partial charge in [-0.3, -0.25) is 4.99 Å². The van der Waals surface area contributed by atoms with E-state index in [1.165, 1.54) is 12.8 Å². The van der Waals surface area contributed by atoms with Crippen molar-refractivity contribution in [3.8, 4) is 0 Å². The Morgan fingerprint density at radius 3 is 2.88 bits per heavy atom. The Morgan fingerprint density at radius 2 is 2.24 bits per heavy atom. The smallest absolute Gasteiger partial charge is 0.130 e. The second-order valence-electron chi connectivity index (χ2n) is 6.19. The molecule has 0 aromatic heterocycles. The quantitative estimate of drug-likeness (QED) is 0.745. The number of benzene rings is 1. The lowest BCUT2D eigenvalue weighted by atomic mass is 10.00. The van der Waals surface area contributed by atoms with Crippen LogP contribution in [-0.4, -0.2) is 37.6 Å². The largest absolute Gasteiger partial charge is 0.388 e. The molecule has 2 rings (SSSR count).